The molecule has 0 saturated carbocycles. The summed E-state index contributed by atoms with van der Waals surface area (Å²) < 4.78 is 10.5. The highest BCUT2D eigenvalue weighted by Gasteiger charge is 2.22. The first-order chi connectivity index (χ1) is 9.10. The predicted octanol–water partition coefficient (Wildman–Crippen LogP) is 3.81. The van der Waals surface area contributed by atoms with Crippen LogP contribution in [0.2, 0.25) is 5.02 Å². The van der Waals surface area contributed by atoms with Crippen molar-refractivity contribution in [2.75, 3.05) is 14.2 Å². The fourth-order valence-corrected chi connectivity index (χ4v) is 3.19. The molecule has 2 aromatic rings. The Morgan fingerprint density at radius 1 is 1.21 bits per heavy atom. The van der Waals surface area contributed by atoms with E-state index in [2.05, 4.69) is 0 Å². The normalized spacial score (nSPS) is 12.3. The second-order valence-corrected chi connectivity index (χ2v) is 5.40. The molecule has 1 heterocycles. The summed E-state index contributed by atoms with van der Waals surface area (Å²) in [5.74, 6) is 0.971. The number of aryl methyl sites for hydroxylation is 1. The van der Waals surface area contributed by atoms with Gasteiger partial charge < -0.3 is 14.6 Å². The van der Waals surface area contributed by atoms with Crippen molar-refractivity contribution in [3.63, 3.8) is 0 Å². The van der Waals surface area contributed by atoms with Gasteiger partial charge in [-0.3, -0.25) is 0 Å². The minimum atomic E-state index is -0.752. The van der Waals surface area contributed by atoms with Crippen LogP contribution < -0.4 is 9.47 Å². The van der Waals surface area contributed by atoms with E-state index in [0.29, 0.717) is 22.1 Å². The molecule has 1 N–H and O–H groups in total. The summed E-state index contributed by atoms with van der Waals surface area (Å²) in [7, 11) is 3.07. The first-order valence-electron chi connectivity index (χ1n) is 5.72. The molecular weight excluding hydrogens is 284 g/mol. The molecule has 0 saturated heterocycles. The van der Waals surface area contributed by atoms with Crippen LogP contribution in [0.5, 0.6) is 11.5 Å². The summed E-state index contributed by atoms with van der Waals surface area (Å²) in [5.41, 5.74) is 1.69. The Kier molecular flexibility index (Phi) is 4.34. The monoisotopic (exact) mass is 298 g/mol. The zero-order valence-electron chi connectivity index (χ0n) is 10.9. The van der Waals surface area contributed by atoms with Gasteiger partial charge in [0.25, 0.3) is 0 Å². The van der Waals surface area contributed by atoms with Gasteiger partial charge in [-0.1, -0.05) is 11.6 Å². The van der Waals surface area contributed by atoms with Crippen molar-refractivity contribution in [3.05, 3.63) is 44.6 Å². The Bertz CT molecular complexity index is 580. The van der Waals surface area contributed by atoms with Crippen molar-refractivity contribution in [2.24, 2.45) is 0 Å². The molecule has 0 aliphatic carbocycles. The van der Waals surface area contributed by atoms with Crippen LogP contribution in [0, 0.1) is 6.92 Å². The van der Waals surface area contributed by atoms with Crippen LogP contribution in [-0.4, -0.2) is 19.3 Å². The second-order valence-electron chi connectivity index (χ2n) is 4.07. The molecule has 0 amide bonds. The van der Waals surface area contributed by atoms with Crippen molar-refractivity contribution < 1.29 is 14.6 Å². The van der Waals surface area contributed by atoms with Gasteiger partial charge in [0.1, 0.15) is 22.6 Å². The van der Waals surface area contributed by atoms with E-state index in [1.807, 2.05) is 18.4 Å². The number of thiophene rings is 1. The number of hydrogen-bond acceptors (Lipinski definition) is 4. The Morgan fingerprint density at radius 2 is 1.95 bits per heavy atom. The number of aliphatic hydroxyl groups excluding tert-OH is 1. The van der Waals surface area contributed by atoms with E-state index in [1.165, 1.54) is 18.4 Å². The van der Waals surface area contributed by atoms with Gasteiger partial charge in [0.2, 0.25) is 0 Å². The average molecular weight is 299 g/mol. The summed E-state index contributed by atoms with van der Waals surface area (Å²) in [6.07, 6.45) is -0.752. The molecule has 0 fully saturated rings. The van der Waals surface area contributed by atoms with Crippen molar-refractivity contribution in [3.8, 4) is 11.5 Å². The first-order valence-corrected chi connectivity index (χ1v) is 6.98. The largest absolute Gasteiger partial charge is 0.495 e. The minimum absolute atomic E-state index is 0.371. The quantitative estimate of drug-likeness (QED) is 0.933. The SMILES string of the molecule is COc1ccc(C(O)c2sccc2C)c(OC)c1Cl. The summed E-state index contributed by atoms with van der Waals surface area (Å²) in [6.45, 7) is 1.96. The van der Waals surface area contributed by atoms with E-state index < -0.39 is 6.10 Å². The third-order valence-corrected chi connectivity index (χ3v) is 4.39. The lowest BCUT2D eigenvalue weighted by atomic mass is 10.0. The highest BCUT2D eigenvalue weighted by molar-refractivity contribution is 7.10. The maximum Gasteiger partial charge on any atom is 0.147 e. The van der Waals surface area contributed by atoms with Crippen LogP contribution in [0.4, 0.5) is 0 Å². The van der Waals surface area contributed by atoms with E-state index in [1.54, 1.807) is 19.2 Å². The van der Waals surface area contributed by atoms with Gasteiger partial charge in [-0.25, -0.2) is 0 Å². The van der Waals surface area contributed by atoms with Crippen LogP contribution in [-0.2, 0) is 0 Å². The summed E-state index contributed by atoms with van der Waals surface area (Å²) in [4.78, 5) is 0.888. The van der Waals surface area contributed by atoms with Crippen molar-refractivity contribution in [1.82, 2.24) is 0 Å². The molecule has 1 unspecified atom stereocenters. The lowest BCUT2D eigenvalue weighted by molar-refractivity contribution is 0.217. The molecule has 0 spiro atoms. The maximum atomic E-state index is 10.5. The molecule has 19 heavy (non-hydrogen) atoms. The lowest BCUT2D eigenvalue weighted by Gasteiger charge is -2.17. The molecule has 1 aromatic carbocycles. The maximum absolute atomic E-state index is 10.5. The zero-order valence-corrected chi connectivity index (χ0v) is 12.5. The third kappa shape index (κ3) is 2.56. The van der Waals surface area contributed by atoms with Crippen molar-refractivity contribution in [1.29, 1.82) is 0 Å². The number of rotatable bonds is 4. The fourth-order valence-electron chi connectivity index (χ4n) is 1.94. The summed E-state index contributed by atoms with van der Waals surface area (Å²) in [6, 6.07) is 5.47. The van der Waals surface area contributed by atoms with Crippen LogP contribution in [0.3, 0.4) is 0 Å². The van der Waals surface area contributed by atoms with Crippen LogP contribution >= 0.6 is 22.9 Å². The average Bonchev–Trinajstić information content (AvgIpc) is 2.83. The lowest BCUT2D eigenvalue weighted by Crippen LogP contribution is -2.03. The van der Waals surface area contributed by atoms with E-state index in [4.69, 9.17) is 21.1 Å². The molecule has 1 aromatic heterocycles. The summed E-state index contributed by atoms with van der Waals surface area (Å²) >= 11 is 7.71. The molecule has 0 aliphatic heterocycles. The number of aliphatic hydroxyl groups is 1. The molecule has 0 aliphatic rings. The zero-order chi connectivity index (χ0) is 14.0. The van der Waals surface area contributed by atoms with Gasteiger partial charge in [0.15, 0.2) is 0 Å². The van der Waals surface area contributed by atoms with Crippen LogP contribution in [0.25, 0.3) is 0 Å². The number of benzene rings is 1. The van der Waals surface area contributed by atoms with Gasteiger partial charge in [-0.2, -0.15) is 0 Å². The molecule has 2 rings (SSSR count). The third-order valence-electron chi connectivity index (χ3n) is 2.96. The Labute approximate surface area is 121 Å². The van der Waals surface area contributed by atoms with Gasteiger partial charge >= 0.3 is 0 Å². The number of halogens is 1. The number of hydrogen-bond donors (Lipinski definition) is 1. The van der Waals surface area contributed by atoms with E-state index in [9.17, 15) is 5.11 Å². The van der Waals surface area contributed by atoms with E-state index in [-0.39, 0.29) is 0 Å². The van der Waals surface area contributed by atoms with Crippen LogP contribution in [0.15, 0.2) is 23.6 Å². The topological polar surface area (TPSA) is 38.7 Å². The molecular formula is C14H15ClO3S. The summed E-state index contributed by atoms with van der Waals surface area (Å²) in [5, 5.41) is 12.8. The van der Waals surface area contributed by atoms with Gasteiger partial charge in [-0.15, -0.1) is 11.3 Å². The fraction of sp³-hybridized carbons (Fsp3) is 0.286. The molecule has 102 valence electrons. The molecule has 0 radical (unpaired) electrons. The second kappa shape index (κ2) is 5.82. The molecule has 1 atom stereocenters. The van der Waals surface area contributed by atoms with E-state index >= 15 is 0 Å². The first kappa shape index (κ1) is 14.2. The number of ether oxygens (including phenoxy) is 2. The highest BCUT2D eigenvalue weighted by atomic mass is 35.5. The van der Waals surface area contributed by atoms with Crippen LogP contribution in [0.1, 0.15) is 22.1 Å². The Hall–Kier alpha value is -1.23. The van der Waals surface area contributed by atoms with Crippen molar-refractivity contribution in [2.45, 2.75) is 13.0 Å². The molecule has 3 nitrogen and oxygen atoms in total. The smallest absolute Gasteiger partial charge is 0.147 e. The molecule has 0 bridgehead atoms. The minimum Gasteiger partial charge on any atom is -0.495 e. The standard InChI is InChI=1S/C14H15ClO3S/c1-8-6-7-19-14(8)12(16)9-4-5-10(17-2)11(15)13(9)18-3/h4-7,12,16H,1-3H3. The Morgan fingerprint density at radius 3 is 2.47 bits per heavy atom. The van der Waals surface area contributed by atoms with Gasteiger partial charge in [0.05, 0.1) is 14.2 Å². The Balaban J connectivity index is 2.51. The predicted molar refractivity (Wildman–Crippen MR) is 77.7 cm³/mol. The van der Waals surface area contributed by atoms with Crippen molar-refractivity contribution >= 4 is 22.9 Å². The van der Waals surface area contributed by atoms with Gasteiger partial charge in [-0.05, 0) is 36.1 Å². The number of methoxy groups -OCH3 is 2. The van der Waals surface area contributed by atoms with Gasteiger partial charge in [0, 0.05) is 10.4 Å². The molecule has 5 heteroatoms. The van der Waals surface area contributed by atoms with E-state index in [0.717, 1.165) is 10.4 Å². The highest BCUT2D eigenvalue weighted by Crippen LogP contribution is 2.42.